The maximum Gasteiger partial charge on any atom is 0.119 e. The molecule has 92 valence electrons. The van der Waals surface area contributed by atoms with E-state index in [4.69, 9.17) is 4.74 Å². The molecule has 3 heterocycles. The van der Waals surface area contributed by atoms with Crippen molar-refractivity contribution in [3.05, 3.63) is 41.1 Å². The molecule has 0 bridgehead atoms. The van der Waals surface area contributed by atoms with Gasteiger partial charge in [-0.05, 0) is 19.1 Å². The minimum absolute atomic E-state index is 0.576. The molecule has 0 spiro atoms. The molecule has 0 aliphatic carbocycles. The lowest BCUT2D eigenvalue weighted by Gasteiger charge is -1.95. The van der Waals surface area contributed by atoms with Crippen molar-refractivity contribution in [1.29, 1.82) is 0 Å². The second-order valence-electron chi connectivity index (χ2n) is 3.85. The Morgan fingerprint density at radius 2 is 2.33 bits per heavy atom. The van der Waals surface area contributed by atoms with Gasteiger partial charge in [-0.15, -0.1) is 11.3 Å². The summed E-state index contributed by atoms with van der Waals surface area (Å²) in [5.74, 6) is 0. The molecule has 3 rings (SSSR count). The van der Waals surface area contributed by atoms with E-state index in [0.717, 1.165) is 21.9 Å². The van der Waals surface area contributed by atoms with E-state index in [2.05, 4.69) is 9.97 Å². The first-order valence-electron chi connectivity index (χ1n) is 5.82. The second-order valence-corrected chi connectivity index (χ2v) is 4.79. The van der Waals surface area contributed by atoms with E-state index in [-0.39, 0.29) is 0 Å². The van der Waals surface area contributed by atoms with Crippen molar-refractivity contribution in [1.82, 2.24) is 14.4 Å². The summed E-state index contributed by atoms with van der Waals surface area (Å²) in [6, 6.07) is 6.04. The van der Waals surface area contributed by atoms with Gasteiger partial charge in [0, 0.05) is 18.2 Å². The van der Waals surface area contributed by atoms with Crippen molar-refractivity contribution >= 4 is 16.9 Å². The summed E-state index contributed by atoms with van der Waals surface area (Å²) >= 11 is 1.61. The summed E-state index contributed by atoms with van der Waals surface area (Å²) in [5.41, 5.74) is 2.92. The van der Waals surface area contributed by atoms with E-state index in [9.17, 15) is 0 Å². The molecular formula is C13H13N3OS. The van der Waals surface area contributed by atoms with Gasteiger partial charge in [0.1, 0.15) is 22.7 Å². The number of nitrogens with zero attached hydrogens (tertiary/aromatic N) is 3. The number of aromatic nitrogens is 3. The Morgan fingerprint density at radius 1 is 1.39 bits per heavy atom. The van der Waals surface area contributed by atoms with Crippen LogP contribution >= 0.6 is 11.3 Å². The van der Waals surface area contributed by atoms with Gasteiger partial charge >= 0.3 is 0 Å². The molecular weight excluding hydrogens is 246 g/mol. The summed E-state index contributed by atoms with van der Waals surface area (Å²) in [5, 5.41) is 3.02. The van der Waals surface area contributed by atoms with Crippen LogP contribution in [-0.4, -0.2) is 21.0 Å². The monoisotopic (exact) mass is 259 g/mol. The highest BCUT2D eigenvalue weighted by Gasteiger charge is 2.10. The minimum atomic E-state index is 0.576. The molecule has 0 atom stereocenters. The van der Waals surface area contributed by atoms with Crippen molar-refractivity contribution in [2.24, 2.45) is 0 Å². The standard InChI is InChI=1S/C13H13N3OS/c1-2-17-7-12-15-10(8-18-12)13-11-5-3-4-6-16(11)9-14-13/h3-6,8-9H,2,7H2,1H3. The van der Waals surface area contributed by atoms with Crippen molar-refractivity contribution in [3.63, 3.8) is 0 Å². The van der Waals surface area contributed by atoms with Gasteiger partial charge in [0.15, 0.2) is 0 Å². The van der Waals surface area contributed by atoms with E-state index < -0.39 is 0 Å². The fraction of sp³-hybridized carbons (Fsp3) is 0.231. The zero-order valence-electron chi connectivity index (χ0n) is 10.0. The maximum atomic E-state index is 5.36. The van der Waals surface area contributed by atoms with Crippen LogP contribution in [0.1, 0.15) is 11.9 Å². The summed E-state index contributed by atoms with van der Waals surface area (Å²) < 4.78 is 7.36. The van der Waals surface area contributed by atoms with Crippen LogP contribution in [0.25, 0.3) is 16.9 Å². The van der Waals surface area contributed by atoms with Crippen molar-refractivity contribution in [3.8, 4) is 11.4 Å². The Morgan fingerprint density at radius 3 is 3.22 bits per heavy atom. The molecule has 18 heavy (non-hydrogen) atoms. The van der Waals surface area contributed by atoms with Gasteiger partial charge in [-0.25, -0.2) is 9.97 Å². The van der Waals surface area contributed by atoms with Gasteiger partial charge in [-0.1, -0.05) is 6.07 Å². The van der Waals surface area contributed by atoms with Crippen LogP contribution in [0.4, 0.5) is 0 Å². The van der Waals surface area contributed by atoms with Crippen molar-refractivity contribution in [2.75, 3.05) is 6.61 Å². The van der Waals surface area contributed by atoms with E-state index in [1.807, 2.05) is 47.4 Å². The number of fused-ring (bicyclic) bond motifs is 1. The van der Waals surface area contributed by atoms with Crippen LogP contribution < -0.4 is 0 Å². The first-order chi connectivity index (χ1) is 8.88. The molecule has 0 radical (unpaired) electrons. The predicted molar refractivity (Wildman–Crippen MR) is 71.6 cm³/mol. The Labute approximate surface area is 109 Å². The highest BCUT2D eigenvalue weighted by molar-refractivity contribution is 7.09. The molecule has 0 aliphatic rings. The molecule has 4 nitrogen and oxygen atoms in total. The molecule has 3 aromatic rings. The van der Waals surface area contributed by atoms with Gasteiger partial charge in [0.05, 0.1) is 12.1 Å². The second kappa shape index (κ2) is 4.88. The number of pyridine rings is 1. The van der Waals surface area contributed by atoms with Gasteiger partial charge < -0.3 is 9.14 Å². The molecule has 0 saturated carbocycles. The maximum absolute atomic E-state index is 5.36. The topological polar surface area (TPSA) is 39.4 Å². The van der Waals surface area contributed by atoms with Crippen LogP contribution in [0.5, 0.6) is 0 Å². The lowest BCUT2D eigenvalue weighted by Crippen LogP contribution is -1.90. The lowest BCUT2D eigenvalue weighted by atomic mass is 10.3. The van der Waals surface area contributed by atoms with Crippen LogP contribution in [0.15, 0.2) is 36.1 Å². The number of ether oxygens (including phenoxy) is 1. The number of thiazole rings is 1. The zero-order valence-corrected chi connectivity index (χ0v) is 10.9. The number of rotatable bonds is 4. The van der Waals surface area contributed by atoms with Crippen molar-refractivity contribution < 1.29 is 4.74 Å². The van der Waals surface area contributed by atoms with Crippen LogP contribution in [0.2, 0.25) is 0 Å². The largest absolute Gasteiger partial charge is 0.375 e. The Balaban J connectivity index is 1.96. The van der Waals surface area contributed by atoms with Crippen molar-refractivity contribution in [2.45, 2.75) is 13.5 Å². The third-order valence-corrected chi connectivity index (χ3v) is 3.49. The lowest BCUT2D eigenvalue weighted by molar-refractivity contribution is 0.134. The first kappa shape index (κ1) is 11.4. The quantitative estimate of drug-likeness (QED) is 0.723. The highest BCUT2D eigenvalue weighted by Crippen LogP contribution is 2.24. The van der Waals surface area contributed by atoms with E-state index in [1.54, 1.807) is 11.3 Å². The predicted octanol–water partition coefficient (Wildman–Crippen LogP) is 2.99. The molecule has 0 aromatic carbocycles. The SMILES string of the molecule is CCOCc1nc(-c2ncn3ccccc23)cs1. The summed E-state index contributed by atoms with van der Waals surface area (Å²) in [6.07, 6.45) is 3.80. The fourth-order valence-electron chi connectivity index (χ4n) is 1.82. The van der Waals surface area contributed by atoms with E-state index >= 15 is 0 Å². The van der Waals surface area contributed by atoms with Crippen LogP contribution in [0, 0.1) is 0 Å². The number of hydrogen-bond acceptors (Lipinski definition) is 4. The van der Waals surface area contributed by atoms with E-state index in [0.29, 0.717) is 13.2 Å². The fourth-order valence-corrected chi connectivity index (χ4v) is 2.53. The molecule has 0 saturated heterocycles. The Hall–Kier alpha value is -1.72. The molecule has 0 amide bonds. The zero-order chi connectivity index (χ0) is 12.4. The van der Waals surface area contributed by atoms with Gasteiger partial charge in [-0.3, -0.25) is 0 Å². The molecule has 0 unspecified atom stereocenters. The number of imidazole rings is 1. The summed E-state index contributed by atoms with van der Waals surface area (Å²) in [4.78, 5) is 8.98. The van der Waals surface area contributed by atoms with E-state index in [1.165, 1.54) is 0 Å². The summed E-state index contributed by atoms with van der Waals surface area (Å²) in [6.45, 7) is 3.27. The Kier molecular flexibility index (Phi) is 3.08. The smallest absolute Gasteiger partial charge is 0.119 e. The van der Waals surface area contributed by atoms with Crippen LogP contribution in [-0.2, 0) is 11.3 Å². The molecule has 0 aliphatic heterocycles. The molecule has 0 N–H and O–H groups in total. The van der Waals surface area contributed by atoms with Gasteiger partial charge in [-0.2, -0.15) is 0 Å². The summed E-state index contributed by atoms with van der Waals surface area (Å²) in [7, 11) is 0. The van der Waals surface area contributed by atoms with Gasteiger partial charge in [0.2, 0.25) is 0 Å². The third kappa shape index (κ3) is 2.02. The normalized spacial score (nSPS) is 11.2. The average molecular weight is 259 g/mol. The average Bonchev–Trinajstić information content (AvgIpc) is 3.02. The highest BCUT2D eigenvalue weighted by atomic mass is 32.1. The third-order valence-electron chi connectivity index (χ3n) is 2.67. The first-order valence-corrected chi connectivity index (χ1v) is 6.70. The number of hydrogen-bond donors (Lipinski definition) is 0. The van der Waals surface area contributed by atoms with Crippen LogP contribution in [0.3, 0.4) is 0 Å². The van der Waals surface area contributed by atoms with Gasteiger partial charge in [0.25, 0.3) is 0 Å². The molecule has 0 fully saturated rings. The molecule has 3 aromatic heterocycles. The Bertz CT molecular complexity index is 659. The minimum Gasteiger partial charge on any atom is -0.375 e. The molecule has 5 heteroatoms.